The smallest absolute Gasteiger partial charge is 0.350 e. The van der Waals surface area contributed by atoms with Crippen LogP contribution in [0.5, 0.6) is 0 Å². The number of benzene rings is 1. The van der Waals surface area contributed by atoms with E-state index in [1.807, 2.05) is 32.6 Å². The fraction of sp³-hybridized carbons (Fsp3) is 0.281. The summed E-state index contributed by atoms with van der Waals surface area (Å²) in [6, 6.07) is 7.51. The van der Waals surface area contributed by atoms with Crippen molar-refractivity contribution in [3.8, 4) is 16.9 Å². The average molecular weight is 589 g/mol. The molecule has 0 N–H and O–H groups in total. The molecule has 5 rings (SSSR count). The number of aromatic nitrogens is 4. The number of fused-ring (bicyclic) bond motifs is 1. The van der Waals surface area contributed by atoms with Crippen LogP contribution in [0.15, 0.2) is 60.5 Å². The van der Waals surface area contributed by atoms with Crippen LogP contribution in [-0.4, -0.2) is 56.0 Å². The Bertz CT molecular complexity index is 1890. The van der Waals surface area contributed by atoms with Crippen molar-refractivity contribution in [3.05, 3.63) is 93.9 Å². The predicted octanol–water partition coefficient (Wildman–Crippen LogP) is 5.93. The zero-order valence-electron chi connectivity index (χ0n) is 25.9. The van der Waals surface area contributed by atoms with Crippen molar-refractivity contribution >= 4 is 40.4 Å². The second-order valence-electron chi connectivity index (χ2n) is 10.6. The molecule has 216 valence electrons. The van der Waals surface area contributed by atoms with Crippen LogP contribution >= 0.6 is 11.6 Å². The Labute approximate surface area is 251 Å². The minimum atomic E-state index is -0.644. The lowest BCUT2D eigenvalue weighted by Gasteiger charge is -2.40. The number of hydrogen-bond acceptors (Lipinski definition) is 6. The van der Waals surface area contributed by atoms with E-state index in [9.17, 15) is 9.59 Å². The van der Waals surface area contributed by atoms with E-state index < -0.39 is 18.0 Å². The minimum Gasteiger partial charge on any atom is -0.350 e. The highest BCUT2D eigenvalue weighted by molar-refractivity contribution is 6.34. The van der Waals surface area contributed by atoms with Gasteiger partial charge in [0.25, 0.3) is 0 Å². The molecule has 8 nitrogen and oxygen atoms in total. The number of carbonyl (C=O) groups excluding carboxylic acids is 1. The van der Waals surface area contributed by atoms with Crippen LogP contribution in [-0.2, 0) is 4.79 Å². The SMILES string of the molecule is [2H]C([2H])=Cc1cccc(F)c1-c1nc2c(cc1Cl)c(N1CCN(C(=O)C=C)C[C@@H]1C)nc(=O)n2-c1c(C)ccnc1C(C)C. The third kappa shape index (κ3) is 4.98. The van der Waals surface area contributed by atoms with E-state index in [1.54, 1.807) is 29.3 Å². The summed E-state index contributed by atoms with van der Waals surface area (Å²) in [7, 11) is 0. The second kappa shape index (κ2) is 11.5. The standard InChI is InChI=1S/C32H32ClFN6O2/c1-7-21-10-9-11-24(34)26(21)28-23(33)16-22-30(39-15-14-38(17-20(39)6)25(41)8-2)37-32(42)40(31(22)36-28)29-19(5)12-13-35-27(29)18(3)4/h7-13,16,18,20H,1-2,14-15,17H2,3-6H3/t20-/m0/s1/i1D2. The highest BCUT2D eigenvalue weighted by Crippen LogP contribution is 2.37. The molecule has 0 radical (unpaired) electrons. The lowest BCUT2D eigenvalue weighted by Crippen LogP contribution is -2.54. The molecule has 0 bridgehead atoms. The number of anilines is 1. The molecule has 1 saturated heterocycles. The summed E-state index contributed by atoms with van der Waals surface area (Å²) in [4.78, 5) is 44.0. The lowest BCUT2D eigenvalue weighted by molar-refractivity contribution is -0.126. The van der Waals surface area contributed by atoms with E-state index in [2.05, 4.69) is 16.5 Å². The Balaban J connectivity index is 1.86. The Hall–Kier alpha value is -4.37. The van der Waals surface area contributed by atoms with Crippen molar-refractivity contribution in [2.24, 2.45) is 0 Å². The Kier molecular flexibility index (Phi) is 7.25. The summed E-state index contributed by atoms with van der Waals surface area (Å²) in [5.74, 6) is -0.523. The van der Waals surface area contributed by atoms with Crippen molar-refractivity contribution in [1.29, 1.82) is 0 Å². The van der Waals surface area contributed by atoms with Gasteiger partial charge in [-0.25, -0.2) is 18.7 Å². The summed E-state index contributed by atoms with van der Waals surface area (Å²) in [6.07, 6.45) is 4.17. The van der Waals surface area contributed by atoms with Crippen LogP contribution < -0.4 is 10.6 Å². The first kappa shape index (κ1) is 26.5. The van der Waals surface area contributed by atoms with E-state index in [0.29, 0.717) is 42.2 Å². The predicted molar refractivity (Wildman–Crippen MR) is 166 cm³/mol. The van der Waals surface area contributed by atoms with Crippen LogP contribution in [0.25, 0.3) is 34.1 Å². The summed E-state index contributed by atoms with van der Waals surface area (Å²) in [5.41, 5.74) is 1.86. The number of pyridine rings is 2. The Morgan fingerprint density at radius 3 is 2.74 bits per heavy atom. The summed E-state index contributed by atoms with van der Waals surface area (Å²) in [6.45, 7) is 12.0. The average Bonchev–Trinajstić information content (AvgIpc) is 2.97. The molecule has 1 amide bonds. The zero-order valence-corrected chi connectivity index (χ0v) is 24.6. The van der Waals surface area contributed by atoms with Gasteiger partial charge in [-0.3, -0.25) is 9.78 Å². The maximum Gasteiger partial charge on any atom is 0.355 e. The summed E-state index contributed by atoms with van der Waals surface area (Å²) < 4.78 is 32.2. The molecular weight excluding hydrogens is 555 g/mol. The molecule has 10 heteroatoms. The number of hydrogen-bond donors (Lipinski definition) is 0. The molecule has 1 fully saturated rings. The number of carbonyl (C=O) groups is 1. The van der Waals surface area contributed by atoms with E-state index in [-0.39, 0.29) is 45.4 Å². The van der Waals surface area contributed by atoms with Gasteiger partial charge in [-0.1, -0.05) is 56.8 Å². The highest BCUT2D eigenvalue weighted by Gasteiger charge is 2.30. The molecule has 42 heavy (non-hydrogen) atoms. The van der Waals surface area contributed by atoms with Gasteiger partial charge >= 0.3 is 5.69 Å². The molecular formula is C32H32ClFN6O2. The van der Waals surface area contributed by atoms with Crippen molar-refractivity contribution < 1.29 is 11.9 Å². The molecule has 3 aromatic heterocycles. The summed E-state index contributed by atoms with van der Waals surface area (Å²) in [5, 5.41) is 0.559. The fourth-order valence-electron chi connectivity index (χ4n) is 5.50. The number of halogens is 2. The van der Waals surface area contributed by atoms with Crippen LogP contribution in [0.4, 0.5) is 10.2 Å². The molecule has 0 spiro atoms. The molecule has 4 aromatic rings. The number of piperazine rings is 1. The van der Waals surface area contributed by atoms with Gasteiger partial charge in [-0.2, -0.15) is 4.98 Å². The lowest BCUT2D eigenvalue weighted by atomic mass is 10.0. The van der Waals surface area contributed by atoms with Crippen molar-refractivity contribution in [1.82, 2.24) is 24.4 Å². The Morgan fingerprint density at radius 1 is 1.26 bits per heavy atom. The maximum absolute atomic E-state index is 15.5. The van der Waals surface area contributed by atoms with Crippen molar-refractivity contribution in [2.75, 3.05) is 24.5 Å². The van der Waals surface area contributed by atoms with Crippen LogP contribution in [0, 0.1) is 12.7 Å². The zero-order chi connectivity index (χ0) is 31.9. The topological polar surface area (TPSA) is 84.2 Å². The molecule has 1 aromatic carbocycles. The van der Waals surface area contributed by atoms with Crippen LogP contribution in [0.1, 0.15) is 46.3 Å². The maximum atomic E-state index is 15.5. The van der Waals surface area contributed by atoms with Crippen molar-refractivity contribution in [2.45, 2.75) is 39.7 Å². The number of rotatable bonds is 6. The molecule has 1 aliphatic heterocycles. The molecule has 1 aliphatic rings. The van der Waals surface area contributed by atoms with Gasteiger partial charge < -0.3 is 9.80 Å². The minimum absolute atomic E-state index is 0.00525. The fourth-order valence-corrected chi connectivity index (χ4v) is 5.74. The Morgan fingerprint density at radius 2 is 2.05 bits per heavy atom. The van der Waals surface area contributed by atoms with Crippen LogP contribution in [0.2, 0.25) is 5.02 Å². The molecule has 0 unspecified atom stereocenters. The molecule has 1 atom stereocenters. The van der Waals surface area contributed by atoms with Crippen LogP contribution in [0.3, 0.4) is 0 Å². The second-order valence-corrected chi connectivity index (χ2v) is 11.0. The molecule has 0 saturated carbocycles. The van der Waals surface area contributed by atoms with Crippen molar-refractivity contribution in [3.63, 3.8) is 0 Å². The first-order valence-corrected chi connectivity index (χ1v) is 14.0. The van der Waals surface area contributed by atoms with E-state index in [0.717, 1.165) is 5.56 Å². The van der Waals surface area contributed by atoms with Gasteiger partial charge in [0.15, 0.2) is 5.65 Å². The first-order valence-electron chi connectivity index (χ1n) is 14.6. The quantitative estimate of drug-likeness (QED) is 0.260. The third-order valence-corrected chi connectivity index (χ3v) is 7.84. The van der Waals surface area contributed by atoms with E-state index in [1.165, 1.54) is 28.9 Å². The molecule has 0 aliphatic carbocycles. The van der Waals surface area contributed by atoms with Gasteiger partial charge in [0.1, 0.15) is 11.6 Å². The van der Waals surface area contributed by atoms with E-state index >= 15 is 4.39 Å². The largest absolute Gasteiger partial charge is 0.355 e. The normalized spacial score (nSPS) is 15.9. The third-order valence-electron chi connectivity index (χ3n) is 7.55. The van der Waals surface area contributed by atoms with Gasteiger partial charge in [0.05, 0.1) is 30.2 Å². The van der Waals surface area contributed by atoms with Gasteiger partial charge in [-0.05, 0) is 55.2 Å². The highest BCUT2D eigenvalue weighted by atomic mass is 35.5. The van der Waals surface area contributed by atoms with E-state index in [4.69, 9.17) is 19.3 Å². The summed E-state index contributed by atoms with van der Waals surface area (Å²) >= 11 is 6.85. The van der Waals surface area contributed by atoms with Gasteiger partial charge in [0, 0.05) is 37.4 Å². The van der Waals surface area contributed by atoms with Gasteiger partial charge in [-0.15, -0.1) is 0 Å². The number of aryl methyl sites for hydroxylation is 1. The number of nitrogens with zero attached hydrogens (tertiary/aromatic N) is 6. The molecule has 4 heterocycles. The monoisotopic (exact) mass is 588 g/mol. The number of amides is 1. The van der Waals surface area contributed by atoms with Gasteiger partial charge in [0.2, 0.25) is 5.91 Å². The first-order chi connectivity index (χ1) is 20.9.